The molecule has 1 aliphatic rings. The third-order valence-corrected chi connectivity index (χ3v) is 2.36. The van der Waals surface area contributed by atoms with E-state index in [9.17, 15) is 0 Å². The van der Waals surface area contributed by atoms with Crippen LogP contribution in [0.25, 0.3) is 0 Å². The summed E-state index contributed by atoms with van der Waals surface area (Å²) in [5.74, 6) is 1.46. The van der Waals surface area contributed by atoms with Gasteiger partial charge in [0.2, 0.25) is 0 Å². The molecule has 1 aromatic rings. The molecule has 0 spiro atoms. The normalized spacial score (nSPS) is 15.1. The quantitative estimate of drug-likeness (QED) is 0.725. The van der Waals surface area contributed by atoms with Crippen molar-refractivity contribution in [2.45, 2.75) is 25.5 Å². The van der Waals surface area contributed by atoms with Gasteiger partial charge in [0.1, 0.15) is 0 Å². The first kappa shape index (κ1) is 10.3. The molecule has 0 saturated heterocycles. The van der Waals surface area contributed by atoms with E-state index < -0.39 is 0 Å². The summed E-state index contributed by atoms with van der Waals surface area (Å²) >= 11 is 0. The van der Waals surface area contributed by atoms with Crippen molar-refractivity contribution in [2.24, 2.45) is 0 Å². The number of hydroxylamine groups is 1. The Bertz CT molecular complexity index is 337. The van der Waals surface area contributed by atoms with E-state index in [1.807, 2.05) is 18.2 Å². The Kier molecular flexibility index (Phi) is 3.08. The molecule has 0 atom stereocenters. The zero-order valence-corrected chi connectivity index (χ0v) is 8.69. The first-order valence-electron chi connectivity index (χ1n) is 5.04. The second-order valence-electron chi connectivity index (χ2n) is 3.60. The van der Waals surface area contributed by atoms with Crippen molar-refractivity contribution in [1.82, 2.24) is 5.48 Å². The Morgan fingerprint density at radius 3 is 2.87 bits per heavy atom. The van der Waals surface area contributed by atoms with Crippen LogP contribution in [0.2, 0.25) is 0 Å². The monoisotopic (exact) mass is 209 g/mol. The van der Waals surface area contributed by atoms with Crippen LogP contribution in [0.5, 0.6) is 11.5 Å². The SMILES string of the molecule is COc1cccc(CNO)c1OC1CC1. The van der Waals surface area contributed by atoms with E-state index in [1.165, 1.54) is 0 Å². The van der Waals surface area contributed by atoms with Crippen LogP contribution in [0, 0.1) is 0 Å². The predicted octanol–water partition coefficient (Wildman–Crippen LogP) is 1.72. The summed E-state index contributed by atoms with van der Waals surface area (Å²) < 4.78 is 11.0. The summed E-state index contributed by atoms with van der Waals surface area (Å²) in [6, 6.07) is 5.65. The van der Waals surface area contributed by atoms with E-state index in [4.69, 9.17) is 14.7 Å². The molecule has 4 nitrogen and oxygen atoms in total. The largest absolute Gasteiger partial charge is 0.493 e. The second kappa shape index (κ2) is 4.51. The summed E-state index contributed by atoms with van der Waals surface area (Å²) in [7, 11) is 1.62. The van der Waals surface area contributed by atoms with E-state index in [-0.39, 0.29) is 0 Å². The van der Waals surface area contributed by atoms with Crippen molar-refractivity contribution in [1.29, 1.82) is 0 Å². The fourth-order valence-electron chi connectivity index (χ4n) is 1.43. The highest BCUT2D eigenvalue weighted by Gasteiger charge is 2.26. The van der Waals surface area contributed by atoms with Gasteiger partial charge in [0.05, 0.1) is 13.2 Å². The number of rotatable bonds is 5. The van der Waals surface area contributed by atoms with E-state index in [0.717, 1.165) is 29.9 Å². The average Bonchev–Trinajstić information content (AvgIpc) is 3.05. The Hall–Kier alpha value is -1.26. The highest BCUT2D eigenvalue weighted by molar-refractivity contribution is 5.46. The fourth-order valence-corrected chi connectivity index (χ4v) is 1.43. The van der Waals surface area contributed by atoms with Crippen molar-refractivity contribution in [2.75, 3.05) is 7.11 Å². The summed E-state index contributed by atoms with van der Waals surface area (Å²) in [4.78, 5) is 0. The van der Waals surface area contributed by atoms with Crippen LogP contribution in [-0.2, 0) is 6.54 Å². The maximum Gasteiger partial charge on any atom is 0.166 e. The van der Waals surface area contributed by atoms with E-state index in [0.29, 0.717) is 12.6 Å². The molecule has 0 unspecified atom stereocenters. The Labute approximate surface area is 88.8 Å². The van der Waals surface area contributed by atoms with Gasteiger partial charge in [0.25, 0.3) is 0 Å². The maximum absolute atomic E-state index is 8.71. The number of ether oxygens (including phenoxy) is 2. The second-order valence-corrected chi connectivity index (χ2v) is 3.60. The molecule has 1 fully saturated rings. The Morgan fingerprint density at radius 1 is 1.47 bits per heavy atom. The lowest BCUT2D eigenvalue weighted by Gasteiger charge is -2.14. The molecule has 1 aliphatic carbocycles. The van der Waals surface area contributed by atoms with E-state index >= 15 is 0 Å². The fraction of sp³-hybridized carbons (Fsp3) is 0.455. The molecular formula is C11H15NO3. The van der Waals surface area contributed by atoms with Crippen LogP contribution in [0.4, 0.5) is 0 Å². The molecule has 0 amide bonds. The molecule has 82 valence electrons. The first-order valence-corrected chi connectivity index (χ1v) is 5.04. The predicted molar refractivity (Wildman–Crippen MR) is 55.3 cm³/mol. The highest BCUT2D eigenvalue weighted by Crippen LogP contribution is 2.36. The third kappa shape index (κ3) is 2.40. The molecule has 4 heteroatoms. The third-order valence-electron chi connectivity index (χ3n) is 2.36. The molecule has 15 heavy (non-hydrogen) atoms. The standard InChI is InChI=1S/C11H15NO3/c1-14-10-4-2-3-8(7-12-13)11(10)15-9-5-6-9/h2-4,9,12-13H,5-7H2,1H3. The number of hydrogen-bond acceptors (Lipinski definition) is 4. The van der Waals surface area contributed by atoms with Gasteiger partial charge >= 0.3 is 0 Å². The number of nitrogens with one attached hydrogen (secondary N) is 1. The minimum atomic E-state index is 0.318. The lowest BCUT2D eigenvalue weighted by atomic mass is 10.2. The first-order chi connectivity index (χ1) is 7.35. The van der Waals surface area contributed by atoms with Crippen LogP contribution < -0.4 is 15.0 Å². The molecule has 2 N–H and O–H groups in total. The summed E-state index contributed by atoms with van der Waals surface area (Å²) in [6.45, 7) is 0.360. The minimum Gasteiger partial charge on any atom is -0.493 e. The maximum atomic E-state index is 8.71. The van der Waals surface area contributed by atoms with Crippen molar-refractivity contribution in [3.63, 3.8) is 0 Å². The minimum absolute atomic E-state index is 0.318. The van der Waals surface area contributed by atoms with Gasteiger partial charge in [-0.1, -0.05) is 12.1 Å². The molecular weight excluding hydrogens is 194 g/mol. The Morgan fingerprint density at radius 2 is 2.27 bits per heavy atom. The van der Waals surface area contributed by atoms with Gasteiger partial charge in [0.15, 0.2) is 11.5 Å². The number of para-hydroxylation sites is 1. The molecule has 0 aliphatic heterocycles. The van der Waals surface area contributed by atoms with Gasteiger partial charge in [-0.15, -0.1) is 0 Å². The zero-order chi connectivity index (χ0) is 10.7. The van der Waals surface area contributed by atoms with Crippen molar-refractivity contribution in [3.05, 3.63) is 23.8 Å². The number of methoxy groups -OCH3 is 1. The van der Waals surface area contributed by atoms with Crippen LogP contribution in [0.3, 0.4) is 0 Å². The van der Waals surface area contributed by atoms with Crippen molar-refractivity contribution >= 4 is 0 Å². The zero-order valence-electron chi connectivity index (χ0n) is 8.69. The number of hydrogen-bond donors (Lipinski definition) is 2. The summed E-state index contributed by atoms with van der Waals surface area (Å²) in [5, 5.41) is 8.71. The topological polar surface area (TPSA) is 50.7 Å². The van der Waals surface area contributed by atoms with Crippen molar-refractivity contribution in [3.8, 4) is 11.5 Å². The van der Waals surface area contributed by atoms with Crippen LogP contribution in [0.15, 0.2) is 18.2 Å². The van der Waals surface area contributed by atoms with Crippen LogP contribution in [0.1, 0.15) is 18.4 Å². The van der Waals surface area contributed by atoms with E-state index in [1.54, 1.807) is 7.11 Å². The molecule has 0 heterocycles. The van der Waals surface area contributed by atoms with Gasteiger partial charge in [-0.3, -0.25) is 0 Å². The lowest BCUT2D eigenvalue weighted by Crippen LogP contribution is -2.09. The van der Waals surface area contributed by atoms with Crippen LogP contribution >= 0.6 is 0 Å². The molecule has 0 bridgehead atoms. The Balaban J connectivity index is 2.25. The molecule has 1 aromatic carbocycles. The summed E-state index contributed by atoms with van der Waals surface area (Å²) in [6.07, 6.45) is 2.52. The van der Waals surface area contributed by atoms with Gasteiger partial charge in [-0.25, -0.2) is 5.48 Å². The lowest BCUT2D eigenvalue weighted by molar-refractivity contribution is 0.159. The van der Waals surface area contributed by atoms with Gasteiger partial charge in [-0.2, -0.15) is 0 Å². The van der Waals surface area contributed by atoms with Crippen molar-refractivity contribution < 1.29 is 14.7 Å². The summed E-state index contributed by atoms with van der Waals surface area (Å²) in [5.41, 5.74) is 3.04. The van der Waals surface area contributed by atoms with Gasteiger partial charge < -0.3 is 14.7 Å². The van der Waals surface area contributed by atoms with E-state index in [2.05, 4.69) is 5.48 Å². The van der Waals surface area contributed by atoms with Gasteiger partial charge in [0, 0.05) is 12.1 Å². The highest BCUT2D eigenvalue weighted by atomic mass is 16.5. The molecule has 0 radical (unpaired) electrons. The van der Waals surface area contributed by atoms with Gasteiger partial charge in [-0.05, 0) is 18.9 Å². The molecule has 1 saturated carbocycles. The van der Waals surface area contributed by atoms with Crippen LogP contribution in [-0.4, -0.2) is 18.4 Å². The average molecular weight is 209 g/mol. The smallest absolute Gasteiger partial charge is 0.166 e. The molecule has 2 rings (SSSR count). The number of benzene rings is 1. The molecule has 0 aromatic heterocycles.